The van der Waals surface area contributed by atoms with Gasteiger partial charge in [-0.15, -0.1) is 0 Å². The lowest BCUT2D eigenvalue weighted by molar-refractivity contribution is -0.138. The largest absolute Gasteiger partial charge is 0.416 e. The van der Waals surface area contributed by atoms with E-state index in [4.69, 9.17) is 0 Å². The Hall–Kier alpha value is -0.990. The summed E-state index contributed by atoms with van der Waals surface area (Å²) in [4.78, 5) is 0. The van der Waals surface area contributed by atoms with Crippen LogP contribution in [0.2, 0.25) is 0 Å². The molecule has 0 unspecified atom stereocenters. The summed E-state index contributed by atoms with van der Waals surface area (Å²) in [5, 5.41) is 0. The first-order valence-corrected chi connectivity index (χ1v) is 5.68. The Kier molecular flexibility index (Phi) is 4.00. The van der Waals surface area contributed by atoms with Crippen LogP contribution in [-0.4, -0.2) is 0 Å². The average molecular weight is 230 g/mol. The van der Waals surface area contributed by atoms with E-state index in [1.807, 2.05) is 13.8 Å². The maximum Gasteiger partial charge on any atom is 0.416 e. The van der Waals surface area contributed by atoms with Crippen LogP contribution >= 0.6 is 0 Å². The number of benzene rings is 1. The summed E-state index contributed by atoms with van der Waals surface area (Å²) in [6, 6.07) is 2.83. The fourth-order valence-corrected chi connectivity index (χ4v) is 2.16. The highest BCUT2D eigenvalue weighted by Gasteiger charge is 2.33. The number of rotatable bonds is 0. The van der Waals surface area contributed by atoms with Gasteiger partial charge in [-0.25, -0.2) is 0 Å². The van der Waals surface area contributed by atoms with Crippen LogP contribution in [0.5, 0.6) is 0 Å². The number of fused-ring (bicyclic) bond motifs is 1. The van der Waals surface area contributed by atoms with E-state index < -0.39 is 11.7 Å². The topological polar surface area (TPSA) is 0 Å². The van der Waals surface area contributed by atoms with Crippen LogP contribution in [0.1, 0.15) is 42.5 Å². The van der Waals surface area contributed by atoms with Crippen LogP contribution in [0.3, 0.4) is 0 Å². The second kappa shape index (κ2) is 4.89. The Bertz CT molecular complexity index is 364. The molecule has 0 nitrogen and oxygen atoms in total. The Morgan fingerprint density at radius 1 is 1.06 bits per heavy atom. The molecular formula is C13H17F3. The van der Waals surface area contributed by atoms with Crippen molar-refractivity contribution in [2.75, 3.05) is 0 Å². The van der Waals surface area contributed by atoms with E-state index in [2.05, 4.69) is 0 Å². The predicted molar refractivity (Wildman–Crippen MR) is 59.6 cm³/mol. The van der Waals surface area contributed by atoms with Crippen LogP contribution in [0, 0.1) is 6.92 Å². The third kappa shape index (κ3) is 2.39. The van der Waals surface area contributed by atoms with Crippen molar-refractivity contribution in [2.45, 2.75) is 46.2 Å². The van der Waals surface area contributed by atoms with Gasteiger partial charge in [-0.1, -0.05) is 19.9 Å². The number of aryl methyl sites for hydroxylation is 1. The molecular weight excluding hydrogens is 213 g/mol. The van der Waals surface area contributed by atoms with E-state index in [9.17, 15) is 13.2 Å². The fourth-order valence-electron chi connectivity index (χ4n) is 2.16. The molecule has 0 radical (unpaired) electrons. The fraction of sp³-hybridized carbons (Fsp3) is 0.538. The summed E-state index contributed by atoms with van der Waals surface area (Å²) in [5.41, 5.74) is 1.96. The van der Waals surface area contributed by atoms with E-state index in [0.29, 0.717) is 5.56 Å². The van der Waals surface area contributed by atoms with Crippen molar-refractivity contribution >= 4 is 0 Å². The SMILES string of the molecule is CC.Cc1c(C(F)(F)F)ccc2c1CCC2. The van der Waals surface area contributed by atoms with Crippen LogP contribution < -0.4 is 0 Å². The van der Waals surface area contributed by atoms with Gasteiger partial charge in [-0.3, -0.25) is 0 Å². The molecule has 0 heterocycles. The van der Waals surface area contributed by atoms with Crippen LogP contribution in [0.4, 0.5) is 13.2 Å². The van der Waals surface area contributed by atoms with Crippen molar-refractivity contribution in [2.24, 2.45) is 0 Å². The smallest absolute Gasteiger partial charge is 0.166 e. The number of hydrogen-bond donors (Lipinski definition) is 0. The summed E-state index contributed by atoms with van der Waals surface area (Å²) < 4.78 is 37.6. The third-order valence-electron chi connectivity index (χ3n) is 2.87. The van der Waals surface area contributed by atoms with E-state index in [0.717, 1.165) is 30.4 Å². The zero-order chi connectivity index (χ0) is 12.3. The monoisotopic (exact) mass is 230 g/mol. The lowest BCUT2D eigenvalue weighted by Crippen LogP contribution is -2.09. The molecule has 3 heteroatoms. The van der Waals surface area contributed by atoms with Crippen molar-refractivity contribution in [3.63, 3.8) is 0 Å². The summed E-state index contributed by atoms with van der Waals surface area (Å²) >= 11 is 0. The second-order valence-corrected chi connectivity index (χ2v) is 3.73. The molecule has 16 heavy (non-hydrogen) atoms. The predicted octanol–water partition coefficient (Wildman–Crippen LogP) is 4.53. The van der Waals surface area contributed by atoms with Gasteiger partial charge in [0.05, 0.1) is 5.56 Å². The zero-order valence-corrected chi connectivity index (χ0v) is 9.91. The number of hydrogen-bond acceptors (Lipinski definition) is 0. The van der Waals surface area contributed by atoms with Crippen molar-refractivity contribution in [1.82, 2.24) is 0 Å². The molecule has 0 amide bonds. The lowest BCUT2D eigenvalue weighted by Gasteiger charge is -2.13. The van der Waals surface area contributed by atoms with Crippen LogP contribution in [-0.2, 0) is 19.0 Å². The summed E-state index contributed by atoms with van der Waals surface area (Å²) in [7, 11) is 0. The summed E-state index contributed by atoms with van der Waals surface area (Å²) in [6.07, 6.45) is -1.50. The van der Waals surface area contributed by atoms with Gasteiger partial charge in [0.25, 0.3) is 0 Å². The molecule has 0 atom stereocenters. The van der Waals surface area contributed by atoms with Gasteiger partial charge in [0, 0.05) is 0 Å². The molecule has 0 spiro atoms. The zero-order valence-electron chi connectivity index (χ0n) is 9.91. The van der Waals surface area contributed by atoms with Crippen LogP contribution in [0.25, 0.3) is 0 Å². The first kappa shape index (κ1) is 13.1. The summed E-state index contributed by atoms with van der Waals surface area (Å²) in [5.74, 6) is 0. The number of halogens is 3. The van der Waals surface area contributed by atoms with Crippen molar-refractivity contribution < 1.29 is 13.2 Å². The Morgan fingerprint density at radius 3 is 2.25 bits per heavy atom. The Balaban J connectivity index is 0.000000606. The van der Waals surface area contributed by atoms with E-state index in [-0.39, 0.29) is 0 Å². The van der Waals surface area contributed by atoms with Gasteiger partial charge < -0.3 is 0 Å². The minimum absolute atomic E-state index is 0.424. The van der Waals surface area contributed by atoms with Crippen molar-refractivity contribution in [3.8, 4) is 0 Å². The summed E-state index contributed by atoms with van der Waals surface area (Å²) in [6.45, 7) is 5.58. The lowest BCUT2D eigenvalue weighted by atomic mass is 9.98. The molecule has 0 aliphatic heterocycles. The van der Waals surface area contributed by atoms with Gasteiger partial charge in [-0.2, -0.15) is 13.2 Å². The Labute approximate surface area is 94.5 Å². The van der Waals surface area contributed by atoms with E-state index in [1.54, 1.807) is 13.0 Å². The number of alkyl halides is 3. The highest BCUT2D eigenvalue weighted by molar-refractivity contribution is 5.43. The van der Waals surface area contributed by atoms with Crippen molar-refractivity contribution in [3.05, 3.63) is 34.4 Å². The van der Waals surface area contributed by atoms with E-state index >= 15 is 0 Å². The minimum Gasteiger partial charge on any atom is -0.166 e. The molecule has 0 N–H and O–H groups in total. The molecule has 1 aliphatic carbocycles. The van der Waals surface area contributed by atoms with E-state index in [1.165, 1.54) is 6.07 Å². The standard InChI is InChI=1S/C11H11F3.C2H6/c1-7-9-4-2-3-8(9)5-6-10(7)11(12,13)14;1-2/h5-6H,2-4H2,1H3;1-2H3. The highest BCUT2D eigenvalue weighted by Crippen LogP contribution is 2.36. The molecule has 1 aliphatic rings. The minimum atomic E-state index is -4.21. The maximum absolute atomic E-state index is 12.5. The molecule has 0 aromatic heterocycles. The van der Waals surface area contributed by atoms with Gasteiger partial charge in [0.2, 0.25) is 0 Å². The van der Waals surface area contributed by atoms with Gasteiger partial charge >= 0.3 is 6.18 Å². The first-order chi connectivity index (χ1) is 7.50. The van der Waals surface area contributed by atoms with Crippen LogP contribution in [0.15, 0.2) is 12.1 Å². The third-order valence-corrected chi connectivity index (χ3v) is 2.87. The molecule has 1 aromatic rings. The molecule has 1 aromatic carbocycles. The van der Waals surface area contributed by atoms with Crippen molar-refractivity contribution in [1.29, 1.82) is 0 Å². The van der Waals surface area contributed by atoms with Gasteiger partial charge in [0.1, 0.15) is 0 Å². The Morgan fingerprint density at radius 2 is 1.69 bits per heavy atom. The molecule has 0 saturated carbocycles. The quantitative estimate of drug-likeness (QED) is 0.614. The molecule has 0 fully saturated rings. The van der Waals surface area contributed by atoms with Gasteiger partial charge in [0.15, 0.2) is 0 Å². The highest BCUT2D eigenvalue weighted by atomic mass is 19.4. The first-order valence-electron chi connectivity index (χ1n) is 5.68. The van der Waals surface area contributed by atoms with Gasteiger partial charge in [-0.05, 0) is 48.9 Å². The molecule has 0 saturated heterocycles. The second-order valence-electron chi connectivity index (χ2n) is 3.73. The molecule has 2 rings (SSSR count). The maximum atomic E-state index is 12.5. The molecule has 0 bridgehead atoms. The molecule has 90 valence electrons. The average Bonchev–Trinajstić information content (AvgIpc) is 2.68. The normalized spacial score (nSPS) is 14.1.